The first-order valence-corrected chi connectivity index (χ1v) is 3.90. The van der Waals surface area contributed by atoms with Crippen LogP contribution in [0.4, 0.5) is 0 Å². The molecule has 0 unspecified atom stereocenters. The first-order valence-electron chi connectivity index (χ1n) is 3.90. The maximum Gasteiger partial charge on any atom is 0.0573 e. The van der Waals surface area contributed by atoms with Crippen molar-refractivity contribution in [2.45, 2.75) is 38.7 Å². The predicted octanol–water partition coefficient (Wildman–Crippen LogP) is 1.56. The summed E-state index contributed by atoms with van der Waals surface area (Å²) in [6.07, 6.45) is 5.00. The van der Waals surface area contributed by atoms with Crippen LogP contribution in [0.5, 0.6) is 0 Å². The van der Waals surface area contributed by atoms with Crippen LogP contribution in [0.1, 0.15) is 32.6 Å². The summed E-state index contributed by atoms with van der Waals surface area (Å²) >= 11 is 0. The first kappa shape index (κ1) is 5.72. The van der Waals surface area contributed by atoms with Crippen LogP contribution >= 0.6 is 0 Å². The van der Waals surface area contributed by atoms with Crippen LogP contribution in [0.25, 0.3) is 0 Å². The lowest BCUT2D eigenvalue weighted by molar-refractivity contribution is 0.00767. The highest BCUT2D eigenvalue weighted by molar-refractivity contribution is 5.01. The summed E-state index contributed by atoms with van der Waals surface area (Å²) in [5.74, 6) is 0.664. The molecule has 1 N–H and O–H groups in total. The molecule has 9 heavy (non-hydrogen) atoms. The van der Waals surface area contributed by atoms with Crippen LogP contribution in [0, 0.1) is 11.3 Å². The molecule has 1 nitrogen and oxygen atoms in total. The fourth-order valence-corrected chi connectivity index (χ4v) is 2.45. The van der Waals surface area contributed by atoms with Gasteiger partial charge >= 0.3 is 0 Å². The van der Waals surface area contributed by atoms with Gasteiger partial charge in [-0.1, -0.05) is 6.92 Å². The molecule has 0 spiro atoms. The number of hydrogen-bond donors (Lipinski definition) is 1. The van der Waals surface area contributed by atoms with Gasteiger partial charge in [-0.2, -0.15) is 0 Å². The Morgan fingerprint density at radius 3 is 2.22 bits per heavy atom. The van der Waals surface area contributed by atoms with Crippen molar-refractivity contribution in [1.82, 2.24) is 0 Å². The molecule has 0 saturated heterocycles. The SMILES string of the molecule is C[C@@]12CC[C@H](O)[C@@H]1CC2. The third-order valence-electron chi connectivity index (χ3n) is 3.40. The van der Waals surface area contributed by atoms with Gasteiger partial charge in [0.05, 0.1) is 6.10 Å². The Bertz CT molecular complexity index is 133. The smallest absolute Gasteiger partial charge is 0.0573 e. The molecule has 2 saturated carbocycles. The minimum atomic E-state index is 0.0451. The summed E-state index contributed by atoms with van der Waals surface area (Å²) in [4.78, 5) is 0. The fraction of sp³-hybridized carbons (Fsp3) is 1.00. The molecule has 1 heteroatoms. The summed E-state index contributed by atoms with van der Waals surface area (Å²) in [6.45, 7) is 2.32. The van der Waals surface area contributed by atoms with Crippen LogP contribution in [-0.2, 0) is 0 Å². The van der Waals surface area contributed by atoms with Gasteiger partial charge in [0, 0.05) is 0 Å². The minimum Gasteiger partial charge on any atom is -0.393 e. The number of aliphatic hydroxyl groups excluding tert-OH is 1. The number of aliphatic hydroxyl groups is 1. The maximum absolute atomic E-state index is 9.38. The Morgan fingerprint density at radius 1 is 1.33 bits per heavy atom. The molecule has 0 aromatic rings. The standard InChI is InChI=1S/C8H14O/c1-8-4-2-6(8)7(9)3-5-8/h6-7,9H,2-5H2,1H3/t6-,7-,8+/m0/s1. The van der Waals surface area contributed by atoms with E-state index in [2.05, 4.69) is 6.92 Å². The average Bonchev–Trinajstić information content (AvgIpc) is 1.93. The van der Waals surface area contributed by atoms with Crippen molar-refractivity contribution in [1.29, 1.82) is 0 Å². The van der Waals surface area contributed by atoms with Gasteiger partial charge in [0.1, 0.15) is 0 Å². The highest BCUT2D eigenvalue weighted by Crippen LogP contribution is 2.56. The lowest BCUT2D eigenvalue weighted by Crippen LogP contribution is -2.37. The van der Waals surface area contributed by atoms with E-state index in [-0.39, 0.29) is 6.10 Å². The van der Waals surface area contributed by atoms with Crippen LogP contribution in [0.2, 0.25) is 0 Å². The molecule has 0 bridgehead atoms. The normalized spacial score (nSPS) is 56.7. The summed E-state index contributed by atoms with van der Waals surface area (Å²) in [6, 6.07) is 0. The summed E-state index contributed by atoms with van der Waals surface area (Å²) in [5.41, 5.74) is 0.555. The van der Waals surface area contributed by atoms with Crippen molar-refractivity contribution >= 4 is 0 Å². The second-order valence-electron chi connectivity index (χ2n) is 3.91. The third kappa shape index (κ3) is 0.586. The zero-order valence-corrected chi connectivity index (χ0v) is 5.93. The van der Waals surface area contributed by atoms with Gasteiger partial charge < -0.3 is 5.11 Å². The zero-order valence-electron chi connectivity index (χ0n) is 5.93. The molecule has 2 aliphatic rings. The van der Waals surface area contributed by atoms with Crippen molar-refractivity contribution in [3.63, 3.8) is 0 Å². The van der Waals surface area contributed by atoms with Crippen molar-refractivity contribution in [2.24, 2.45) is 11.3 Å². The summed E-state index contributed by atoms with van der Waals surface area (Å²) in [5, 5.41) is 9.38. The molecular formula is C8H14O. The maximum atomic E-state index is 9.38. The molecule has 2 rings (SSSR count). The van der Waals surface area contributed by atoms with E-state index in [1.807, 2.05) is 0 Å². The Balaban J connectivity index is 2.15. The van der Waals surface area contributed by atoms with Gasteiger partial charge in [-0.3, -0.25) is 0 Å². The number of hydrogen-bond acceptors (Lipinski definition) is 1. The second-order valence-corrected chi connectivity index (χ2v) is 3.91. The Hall–Kier alpha value is -0.0400. The van der Waals surface area contributed by atoms with E-state index in [0.29, 0.717) is 11.3 Å². The Morgan fingerprint density at radius 2 is 2.00 bits per heavy atom. The lowest BCUT2D eigenvalue weighted by Gasteiger charge is -2.43. The van der Waals surface area contributed by atoms with E-state index in [9.17, 15) is 5.11 Å². The molecule has 0 radical (unpaired) electrons. The molecule has 0 heterocycles. The fourth-order valence-electron chi connectivity index (χ4n) is 2.45. The third-order valence-corrected chi connectivity index (χ3v) is 3.40. The number of rotatable bonds is 0. The van der Waals surface area contributed by atoms with Gasteiger partial charge in [-0.15, -0.1) is 0 Å². The number of fused-ring (bicyclic) bond motifs is 1. The Labute approximate surface area is 56.1 Å². The van der Waals surface area contributed by atoms with Gasteiger partial charge in [-0.25, -0.2) is 0 Å². The highest BCUT2D eigenvalue weighted by atomic mass is 16.3. The van der Waals surface area contributed by atoms with Gasteiger partial charge in [-0.05, 0) is 37.0 Å². The van der Waals surface area contributed by atoms with Crippen LogP contribution in [0.15, 0.2) is 0 Å². The molecule has 2 aliphatic carbocycles. The van der Waals surface area contributed by atoms with Crippen molar-refractivity contribution < 1.29 is 5.11 Å². The first-order chi connectivity index (χ1) is 4.22. The second kappa shape index (κ2) is 1.51. The predicted molar refractivity (Wildman–Crippen MR) is 36.1 cm³/mol. The largest absolute Gasteiger partial charge is 0.393 e. The summed E-state index contributed by atoms with van der Waals surface area (Å²) < 4.78 is 0. The van der Waals surface area contributed by atoms with E-state index in [1.54, 1.807) is 0 Å². The average molecular weight is 126 g/mol. The quantitative estimate of drug-likeness (QED) is 0.522. The van der Waals surface area contributed by atoms with Crippen molar-refractivity contribution in [3.8, 4) is 0 Å². The lowest BCUT2D eigenvalue weighted by atomic mass is 9.63. The van der Waals surface area contributed by atoms with E-state index in [1.165, 1.54) is 19.3 Å². The monoisotopic (exact) mass is 126 g/mol. The molecule has 52 valence electrons. The van der Waals surface area contributed by atoms with Crippen molar-refractivity contribution in [3.05, 3.63) is 0 Å². The molecular weight excluding hydrogens is 112 g/mol. The molecule has 2 fully saturated rings. The van der Waals surface area contributed by atoms with Gasteiger partial charge in [0.15, 0.2) is 0 Å². The molecule has 3 atom stereocenters. The van der Waals surface area contributed by atoms with Crippen molar-refractivity contribution in [2.75, 3.05) is 0 Å². The molecule has 0 aromatic heterocycles. The van der Waals surface area contributed by atoms with E-state index in [4.69, 9.17) is 0 Å². The topological polar surface area (TPSA) is 20.2 Å². The molecule has 0 aliphatic heterocycles. The zero-order chi connectivity index (χ0) is 6.48. The van der Waals surface area contributed by atoms with Crippen LogP contribution in [0.3, 0.4) is 0 Å². The minimum absolute atomic E-state index is 0.0451. The van der Waals surface area contributed by atoms with Crippen LogP contribution < -0.4 is 0 Å². The van der Waals surface area contributed by atoms with Gasteiger partial charge in [0.2, 0.25) is 0 Å². The van der Waals surface area contributed by atoms with Crippen LogP contribution in [-0.4, -0.2) is 11.2 Å². The molecule has 0 amide bonds. The summed E-state index contributed by atoms with van der Waals surface area (Å²) in [7, 11) is 0. The van der Waals surface area contributed by atoms with E-state index in [0.717, 1.165) is 6.42 Å². The van der Waals surface area contributed by atoms with E-state index < -0.39 is 0 Å². The Kier molecular flexibility index (Phi) is 0.963. The molecule has 0 aromatic carbocycles. The highest BCUT2D eigenvalue weighted by Gasteiger charge is 2.50. The van der Waals surface area contributed by atoms with E-state index >= 15 is 0 Å². The van der Waals surface area contributed by atoms with Gasteiger partial charge in [0.25, 0.3) is 0 Å².